The van der Waals surface area contributed by atoms with Crippen LogP contribution in [-0.4, -0.2) is 12.0 Å². The van der Waals surface area contributed by atoms with E-state index >= 15 is 0 Å². The van der Waals surface area contributed by atoms with Gasteiger partial charge >= 0.3 is 6.18 Å². The number of hydrogen-bond acceptors (Lipinski definition) is 2. The zero-order valence-corrected chi connectivity index (χ0v) is 14.3. The molecule has 0 aliphatic rings. The Balaban J connectivity index is 1.95. The third-order valence-corrected chi connectivity index (χ3v) is 3.72. The van der Waals surface area contributed by atoms with E-state index in [1.54, 1.807) is 13.0 Å². The van der Waals surface area contributed by atoms with Crippen molar-refractivity contribution < 1.29 is 22.7 Å². The predicted molar refractivity (Wildman–Crippen MR) is 89.3 cm³/mol. The normalized spacial score (nSPS) is 12.6. The van der Waals surface area contributed by atoms with Crippen molar-refractivity contribution in [2.45, 2.75) is 39.6 Å². The summed E-state index contributed by atoms with van der Waals surface area (Å²) in [5.74, 6) is 0.213. The lowest BCUT2D eigenvalue weighted by atomic mass is 10.1. The molecule has 0 saturated carbocycles. The van der Waals surface area contributed by atoms with Crippen LogP contribution in [0.5, 0.6) is 5.75 Å². The first-order valence-electron chi connectivity index (χ1n) is 7.84. The van der Waals surface area contributed by atoms with E-state index in [2.05, 4.69) is 5.32 Å². The Hall–Kier alpha value is -2.50. The van der Waals surface area contributed by atoms with Gasteiger partial charge < -0.3 is 10.1 Å². The number of halogens is 3. The van der Waals surface area contributed by atoms with Gasteiger partial charge in [-0.25, -0.2) is 0 Å². The van der Waals surface area contributed by atoms with Gasteiger partial charge in [0, 0.05) is 6.54 Å². The maximum atomic E-state index is 12.7. The van der Waals surface area contributed by atoms with Crippen molar-refractivity contribution in [3.63, 3.8) is 0 Å². The standard InChI is InChI=1S/C19H20F3NO2/c1-12-7-8-17(13(2)9-12)25-14(3)18(24)23-11-15-5-4-6-16(10-15)19(20,21)22/h4-10,14H,11H2,1-3H3,(H,23,24). The average molecular weight is 351 g/mol. The molecule has 1 amide bonds. The van der Waals surface area contributed by atoms with E-state index in [1.165, 1.54) is 12.1 Å². The summed E-state index contributed by atoms with van der Waals surface area (Å²) in [5.41, 5.74) is 1.64. The molecule has 0 fully saturated rings. The topological polar surface area (TPSA) is 38.3 Å². The molecule has 1 atom stereocenters. The molecule has 0 aliphatic heterocycles. The molecule has 2 rings (SSSR count). The van der Waals surface area contributed by atoms with E-state index < -0.39 is 23.8 Å². The quantitative estimate of drug-likeness (QED) is 0.867. The summed E-state index contributed by atoms with van der Waals surface area (Å²) in [6.07, 6.45) is -5.16. The SMILES string of the molecule is Cc1ccc(OC(C)C(=O)NCc2cccc(C(F)(F)F)c2)c(C)c1. The number of amides is 1. The van der Waals surface area contributed by atoms with Gasteiger partial charge in [-0.05, 0) is 50.1 Å². The second-order valence-corrected chi connectivity index (χ2v) is 5.94. The summed E-state index contributed by atoms with van der Waals surface area (Å²) in [6, 6.07) is 10.5. The minimum absolute atomic E-state index is 0.00331. The molecular formula is C19H20F3NO2. The second kappa shape index (κ2) is 7.59. The van der Waals surface area contributed by atoms with Crippen molar-refractivity contribution in [2.24, 2.45) is 0 Å². The van der Waals surface area contributed by atoms with Crippen LogP contribution in [0.4, 0.5) is 13.2 Å². The molecule has 2 aromatic carbocycles. The zero-order chi connectivity index (χ0) is 18.6. The van der Waals surface area contributed by atoms with Crippen molar-refractivity contribution >= 4 is 5.91 Å². The molecule has 0 spiro atoms. The Morgan fingerprint density at radius 1 is 1.16 bits per heavy atom. The maximum Gasteiger partial charge on any atom is 0.416 e. The third kappa shape index (κ3) is 5.24. The second-order valence-electron chi connectivity index (χ2n) is 5.94. The minimum atomic E-state index is -4.40. The molecular weight excluding hydrogens is 331 g/mol. The van der Waals surface area contributed by atoms with E-state index in [-0.39, 0.29) is 6.54 Å². The number of rotatable bonds is 5. The van der Waals surface area contributed by atoms with Crippen molar-refractivity contribution in [3.05, 3.63) is 64.7 Å². The van der Waals surface area contributed by atoms with Crippen LogP contribution in [0.3, 0.4) is 0 Å². The summed E-state index contributed by atoms with van der Waals surface area (Å²) < 4.78 is 43.7. The van der Waals surface area contributed by atoms with Gasteiger partial charge in [-0.2, -0.15) is 13.2 Å². The largest absolute Gasteiger partial charge is 0.481 e. The third-order valence-electron chi connectivity index (χ3n) is 3.72. The van der Waals surface area contributed by atoms with Crippen LogP contribution in [0.1, 0.15) is 29.2 Å². The smallest absolute Gasteiger partial charge is 0.416 e. The highest BCUT2D eigenvalue weighted by atomic mass is 19.4. The van der Waals surface area contributed by atoms with E-state index in [0.717, 1.165) is 23.3 Å². The lowest BCUT2D eigenvalue weighted by Gasteiger charge is -2.17. The maximum absolute atomic E-state index is 12.7. The summed E-state index contributed by atoms with van der Waals surface area (Å²) >= 11 is 0. The number of nitrogens with one attached hydrogen (secondary N) is 1. The van der Waals surface area contributed by atoms with Crippen LogP contribution in [0.15, 0.2) is 42.5 Å². The summed E-state index contributed by atoms with van der Waals surface area (Å²) in [6.45, 7) is 5.45. The highest BCUT2D eigenvalue weighted by molar-refractivity contribution is 5.80. The monoisotopic (exact) mass is 351 g/mol. The molecule has 0 saturated heterocycles. The first kappa shape index (κ1) is 18.8. The number of aryl methyl sites for hydroxylation is 2. The van der Waals surface area contributed by atoms with Crippen molar-refractivity contribution in [1.82, 2.24) is 5.32 Å². The highest BCUT2D eigenvalue weighted by Gasteiger charge is 2.30. The summed E-state index contributed by atoms with van der Waals surface area (Å²) in [5, 5.41) is 2.60. The number of benzene rings is 2. The molecule has 0 aliphatic carbocycles. The van der Waals surface area contributed by atoms with Crippen molar-refractivity contribution in [3.8, 4) is 5.75 Å². The molecule has 134 valence electrons. The lowest BCUT2D eigenvalue weighted by molar-refractivity contribution is -0.137. The minimum Gasteiger partial charge on any atom is -0.481 e. The van der Waals surface area contributed by atoms with E-state index in [9.17, 15) is 18.0 Å². The predicted octanol–water partition coefficient (Wildman–Crippen LogP) is 4.41. The fourth-order valence-corrected chi connectivity index (χ4v) is 2.37. The van der Waals surface area contributed by atoms with Crippen molar-refractivity contribution in [1.29, 1.82) is 0 Å². The lowest BCUT2D eigenvalue weighted by Crippen LogP contribution is -2.36. The highest BCUT2D eigenvalue weighted by Crippen LogP contribution is 2.29. The van der Waals surface area contributed by atoms with E-state index in [1.807, 2.05) is 26.0 Å². The molecule has 0 bridgehead atoms. The summed E-state index contributed by atoms with van der Waals surface area (Å²) in [7, 11) is 0. The van der Waals surface area contributed by atoms with Gasteiger partial charge in [-0.15, -0.1) is 0 Å². The number of carbonyl (C=O) groups is 1. The molecule has 3 nitrogen and oxygen atoms in total. The fourth-order valence-electron chi connectivity index (χ4n) is 2.37. The van der Waals surface area contributed by atoms with Crippen LogP contribution in [0.25, 0.3) is 0 Å². The first-order valence-corrected chi connectivity index (χ1v) is 7.84. The van der Waals surface area contributed by atoms with Gasteiger partial charge in [0.15, 0.2) is 6.10 Å². The van der Waals surface area contributed by atoms with Gasteiger partial charge in [-0.3, -0.25) is 4.79 Å². The van der Waals surface area contributed by atoms with Crippen LogP contribution >= 0.6 is 0 Å². The molecule has 2 aromatic rings. The van der Waals surface area contributed by atoms with Crippen LogP contribution in [0.2, 0.25) is 0 Å². The van der Waals surface area contributed by atoms with Crippen molar-refractivity contribution in [2.75, 3.05) is 0 Å². The summed E-state index contributed by atoms with van der Waals surface area (Å²) in [4.78, 5) is 12.1. The fraction of sp³-hybridized carbons (Fsp3) is 0.316. The molecule has 1 N–H and O–H groups in total. The van der Waals surface area contributed by atoms with E-state index in [4.69, 9.17) is 4.74 Å². The number of carbonyl (C=O) groups excluding carboxylic acids is 1. The molecule has 25 heavy (non-hydrogen) atoms. The Labute approximate surface area is 144 Å². The van der Waals surface area contributed by atoms with Gasteiger partial charge in [0.1, 0.15) is 5.75 Å². The van der Waals surface area contributed by atoms with Crippen LogP contribution < -0.4 is 10.1 Å². The Kier molecular flexibility index (Phi) is 5.72. The van der Waals surface area contributed by atoms with Crippen LogP contribution in [0, 0.1) is 13.8 Å². The molecule has 0 heterocycles. The van der Waals surface area contributed by atoms with Crippen LogP contribution in [-0.2, 0) is 17.5 Å². The Bertz CT molecular complexity index is 757. The van der Waals surface area contributed by atoms with Gasteiger partial charge in [0.25, 0.3) is 5.91 Å². The molecule has 0 radical (unpaired) electrons. The number of hydrogen-bond donors (Lipinski definition) is 1. The van der Waals surface area contributed by atoms with Gasteiger partial charge in [0.05, 0.1) is 5.56 Å². The van der Waals surface area contributed by atoms with Gasteiger partial charge in [-0.1, -0.05) is 29.8 Å². The average Bonchev–Trinajstić information content (AvgIpc) is 2.54. The molecule has 1 unspecified atom stereocenters. The number of alkyl halides is 3. The zero-order valence-electron chi connectivity index (χ0n) is 14.3. The number of ether oxygens (including phenoxy) is 1. The van der Waals surface area contributed by atoms with Gasteiger partial charge in [0.2, 0.25) is 0 Å². The Morgan fingerprint density at radius 3 is 2.52 bits per heavy atom. The molecule has 0 aromatic heterocycles. The molecule has 6 heteroatoms. The first-order chi connectivity index (χ1) is 11.7. The Morgan fingerprint density at radius 2 is 1.88 bits per heavy atom. The van der Waals surface area contributed by atoms with E-state index in [0.29, 0.717) is 11.3 Å².